The van der Waals surface area contributed by atoms with Crippen LogP contribution in [0.4, 0.5) is 4.79 Å². The molecule has 2 fully saturated rings. The topological polar surface area (TPSA) is 70.7 Å². The maximum absolute atomic E-state index is 12.2. The summed E-state index contributed by atoms with van der Waals surface area (Å²) in [4.78, 5) is 25.3. The molecule has 0 bridgehead atoms. The van der Waals surface area contributed by atoms with Gasteiger partial charge in [-0.2, -0.15) is 0 Å². The zero-order valence-electron chi connectivity index (χ0n) is 11.2. The fourth-order valence-corrected chi connectivity index (χ4v) is 2.30. The van der Waals surface area contributed by atoms with Crippen LogP contribution in [0.2, 0.25) is 0 Å². The second-order valence-corrected chi connectivity index (χ2v) is 5.86. The number of hydrogen-bond acceptors (Lipinski definition) is 4. The summed E-state index contributed by atoms with van der Waals surface area (Å²) in [6.07, 6.45) is 0.661. The van der Waals surface area contributed by atoms with Gasteiger partial charge in [0.2, 0.25) is 0 Å². The largest absolute Gasteiger partial charge is 0.374 e. The summed E-state index contributed by atoms with van der Waals surface area (Å²) >= 11 is 0. The van der Waals surface area contributed by atoms with Crippen molar-refractivity contribution in [3.63, 3.8) is 0 Å². The molecule has 1 spiro atoms. The highest BCUT2D eigenvalue weighted by Crippen LogP contribution is 2.24. The van der Waals surface area contributed by atoms with Gasteiger partial charge in [-0.3, -0.25) is 9.69 Å². The van der Waals surface area contributed by atoms with E-state index in [2.05, 4.69) is 10.6 Å². The zero-order chi connectivity index (χ0) is 13.4. The highest BCUT2D eigenvalue weighted by atomic mass is 16.5. The lowest BCUT2D eigenvalue weighted by atomic mass is 9.99. The highest BCUT2D eigenvalue weighted by molar-refractivity contribution is 6.07. The van der Waals surface area contributed by atoms with Gasteiger partial charge in [-0.05, 0) is 33.7 Å². The molecule has 3 amide bonds. The molecule has 2 aliphatic rings. The Labute approximate surface area is 107 Å². The van der Waals surface area contributed by atoms with E-state index >= 15 is 0 Å². The van der Waals surface area contributed by atoms with E-state index in [1.54, 1.807) is 0 Å². The maximum atomic E-state index is 12.2. The Bertz CT molecular complexity index is 356. The Hall–Kier alpha value is -1.14. The lowest BCUT2D eigenvalue weighted by Gasteiger charge is -2.22. The summed E-state index contributed by atoms with van der Waals surface area (Å²) in [7, 11) is 0. The molecule has 2 aliphatic heterocycles. The van der Waals surface area contributed by atoms with E-state index < -0.39 is 5.54 Å². The number of amides is 3. The lowest BCUT2D eigenvalue weighted by molar-refractivity contribution is -0.131. The van der Waals surface area contributed by atoms with Gasteiger partial charge in [0.15, 0.2) is 0 Å². The van der Waals surface area contributed by atoms with Gasteiger partial charge in [-0.15, -0.1) is 0 Å². The van der Waals surface area contributed by atoms with Gasteiger partial charge in [-0.1, -0.05) is 0 Å². The van der Waals surface area contributed by atoms with Gasteiger partial charge in [0.25, 0.3) is 5.91 Å². The van der Waals surface area contributed by atoms with Crippen LogP contribution in [0.15, 0.2) is 0 Å². The summed E-state index contributed by atoms with van der Waals surface area (Å²) < 4.78 is 5.55. The molecular weight excluding hydrogens is 234 g/mol. The first kappa shape index (κ1) is 13.3. The van der Waals surface area contributed by atoms with Gasteiger partial charge in [-0.25, -0.2) is 4.79 Å². The van der Waals surface area contributed by atoms with Gasteiger partial charge in [0, 0.05) is 6.54 Å². The van der Waals surface area contributed by atoms with Crippen molar-refractivity contribution in [3.8, 4) is 0 Å². The minimum absolute atomic E-state index is 0.130. The molecule has 0 saturated carbocycles. The number of ether oxygens (including phenoxy) is 1. The van der Waals surface area contributed by atoms with Crippen molar-refractivity contribution in [1.29, 1.82) is 0 Å². The monoisotopic (exact) mass is 255 g/mol. The Morgan fingerprint density at radius 1 is 1.39 bits per heavy atom. The number of carbonyl (C=O) groups is 2. The van der Waals surface area contributed by atoms with E-state index in [-0.39, 0.29) is 17.5 Å². The third-order valence-corrected chi connectivity index (χ3v) is 3.25. The van der Waals surface area contributed by atoms with Crippen LogP contribution in [0, 0.1) is 0 Å². The van der Waals surface area contributed by atoms with Crippen LogP contribution in [0.3, 0.4) is 0 Å². The van der Waals surface area contributed by atoms with Crippen LogP contribution in [-0.4, -0.2) is 54.2 Å². The fraction of sp³-hybridized carbons (Fsp3) is 0.833. The van der Waals surface area contributed by atoms with Gasteiger partial charge < -0.3 is 15.4 Å². The van der Waals surface area contributed by atoms with Gasteiger partial charge in [0.05, 0.1) is 18.8 Å². The standard InChI is InChI=1S/C12H21N3O3/c1-11(2,3)18-7-6-15-9(16)12(14-10(15)17)4-5-13-8-12/h13H,4-8H2,1-3H3,(H,14,17). The van der Waals surface area contributed by atoms with Crippen LogP contribution in [0.5, 0.6) is 0 Å². The molecule has 0 aliphatic carbocycles. The number of carbonyl (C=O) groups excluding carboxylic acids is 2. The molecule has 0 radical (unpaired) electrons. The summed E-state index contributed by atoms with van der Waals surface area (Å²) in [6.45, 7) is 7.80. The molecule has 0 aromatic carbocycles. The Balaban J connectivity index is 1.93. The molecule has 6 heteroatoms. The third kappa shape index (κ3) is 2.49. The predicted octanol–water partition coefficient (Wildman–Crippen LogP) is 0.0854. The summed E-state index contributed by atoms with van der Waals surface area (Å²) in [5.41, 5.74) is -0.968. The molecule has 2 heterocycles. The molecule has 1 unspecified atom stereocenters. The van der Waals surface area contributed by atoms with Crippen LogP contribution >= 0.6 is 0 Å². The number of hydrogen-bond donors (Lipinski definition) is 2. The molecule has 6 nitrogen and oxygen atoms in total. The first-order chi connectivity index (χ1) is 8.34. The SMILES string of the molecule is CC(C)(C)OCCN1C(=O)NC2(CCNC2)C1=O. The van der Waals surface area contributed by atoms with E-state index in [1.807, 2.05) is 20.8 Å². The molecule has 2 saturated heterocycles. The van der Waals surface area contributed by atoms with Crippen LogP contribution in [0.25, 0.3) is 0 Å². The van der Waals surface area contributed by atoms with Gasteiger partial charge in [0.1, 0.15) is 5.54 Å². The van der Waals surface area contributed by atoms with E-state index in [0.717, 1.165) is 6.54 Å². The number of imide groups is 1. The third-order valence-electron chi connectivity index (χ3n) is 3.25. The van der Waals surface area contributed by atoms with E-state index in [0.29, 0.717) is 26.1 Å². The maximum Gasteiger partial charge on any atom is 0.325 e. The van der Waals surface area contributed by atoms with Crippen molar-refractivity contribution < 1.29 is 14.3 Å². The highest BCUT2D eigenvalue weighted by Gasteiger charge is 2.52. The summed E-state index contributed by atoms with van der Waals surface area (Å²) in [5, 5.41) is 5.91. The second-order valence-electron chi connectivity index (χ2n) is 5.86. The lowest BCUT2D eigenvalue weighted by Crippen LogP contribution is -2.48. The summed E-state index contributed by atoms with van der Waals surface area (Å²) in [6, 6.07) is -0.304. The van der Waals surface area contributed by atoms with Crippen molar-refractivity contribution in [2.45, 2.75) is 38.3 Å². The number of rotatable bonds is 3. The van der Waals surface area contributed by atoms with E-state index in [1.165, 1.54) is 4.90 Å². The Morgan fingerprint density at radius 2 is 2.11 bits per heavy atom. The van der Waals surface area contributed by atoms with E-state index in [9.17, 15) is 9.59 Å². The van der Waals surface area contributed by atoms with Crippen molar-refractivity contribution >= 4 is 11.9 Å². The molecule has 0 aromatic heterocycles. The normalized spacial score (nSPS) is 28.3. The fourth-order valence-electron chi connectivity index (χ4n) is 2.30. The molecule has 102 valence electrons. The molecular formula is C12H21N3O3. The van der Waals surface area contributed by atoms with Gasteiger partial charge >= 0.3 is 6.03 Å². The first-order valence-electron chi connectivity index (χ1n) is 6.33. The first-order valence-corrected chi connectivity index (χ1v) is 6.33. The minimum Gasteiger partial charge on any atom is -0.374 e. The van der Waals surface area contributed by atoms with Crippen molar-refractivity contribution in [2.75, 3.05) is 26.2 Å². The number of nitrogens with zero attached hydrogens (tertiary/aromatic N) is 1. The molecule has 2 rings (SSSR count). The van der Waals surface area contributed by atoms with Crippen LogP contribution in [-0.2, 0) is 9.53 Å². The number of urea groups is 1. The molecule has 18 heavy (non-hydrogen) atoms. The smallest absolute Gasteiger partial charge is 0.325 e. The predicted molar refractivity (Wildman–Crippen MR) is 66.2 cm³/mol. The minimum atomic E-state index is -0.710. The van der Waals surface area contributed by atoms with Crippen LogP contribution in [0.1, 0.15) is 27.2 Å². The van der Waals surface area contributed by atoms with Crippen molar-refractivity contribution in [3.05, 3.63) is 0 Å². The Kier molecular flexibility index (Phi) is 3.33. The Morgan fingerprint density at radius 3 is 2.67 bits per heavy atom. The van der Waals surface area contributed by atoms with Crippen molar-refractivity contribution in [2.24, 2.45) is 0 Å². The van der Waals surface area contributed by atoms with Crippen LogP contribution < -0.4 is 10.6 Å². The van der Waals surface area contributed by atoms with Crippen molar-refractivity contribution in [1.82, 2.24) is 15.5 Å². The van der Waals surface area contributed by atoms with E-state index in [4.69, 9.17) is 4.74 Å². The second kappa shape index (κ2) is 4.51. The molecule has 0 aromatic rings. The molecule has 2 N–H and O–H groups in total. The summed E-state index contributed by atoms with van der Waals surface area (Å²) in [5.74, 6) is -0.130. The number of nitrogens with one attached hydrogen (secondary N) is 2. The average Bonchev–Trinajstić information content (AvgIpc) is 2.78. The zero-order valence-corrected chi connectivity index (χ0v) is 11.2. The average molecular weight is 255 g/mol. The molecule has 1 atom stereocenters. The quantitative estimate of drug-likeness (QED) is 0.701.